The maximum atomic E-state index is 12.2. The van der Waals surface area contributed by atoms with Crippen LogP contribution in [-0.2, 0) is 10.2 Å². The van der Waals surface area contributed by atoms with Crippen LogP contribution in [-0.4, -0.2) is 12.5 Å². The van der Waals surface area contributed by atoms with Crippen molar-refractivity contribution in [1.82, 2.24) is 0 Å². The molecule has 2 rings (SSSR count). The molecule has 24 heavy (non-hydrogen) atoms. The number of hydrogen-bond acceptors (Lipinski definition) is 2. The molecular formula is C21H28N2O. The molecule has 3 nitrogen and oxygen atoms in total. The molecule has 3 heteroatoms. The van der Waals surface area contributed by atoms with Gasteiger partial charge in [-0.1, -0.05) is 45.0 Å². The fourth-order valence-corrected chi connectivity index (χ4v) is 2.87. The molecule has 2 N–H and O–H groups in total. The quantitative estimate of drug-likeness (QED) is 0.809. The van der Waals surface area contributed by atoms with Crippen LogP contribution >= 0.6 is 0 Å². The Morgan fingerprint density at radius 2 is 1.62 bits per heavy atom. The molecule has 0 radical (unpaired) electrons. The second kappa shape index (κ2) is 7.52. The number of para-hydroxylation sites is 1. The lowest BCUT2D eigenvalue weighted by molar-refractivity contribution is -0.115. The standard InChI is InChI=1S/C21H28N2O/c1-15-12-16(2)14-17(13-15)23-20(24)10-11-22-19-9-7-6-8-18(19)21(3,4)5/h6-9,12-14,22H,10-11H2,1-5H3,(H,23,24). The van der Waals surface area contributed by atoms with Crippen molar-refractivity contribution < 1.29 is 4.79 Å². The van der Waals surface area contributed by atoms with E-state index in [1.54, 1.807) is 0 Å². The van der Waals surface area contributed by atoms with E-state index in [4.69, 9.17) is 0 Å². The highest BCUT2D eigenvalue weighted by molar-refractivity contribution is 5.91. The predicted molar refractivity (Wildman–Crippen MR) is 103 cm³/mol. The zero-order valence-corrected chi connectivity index (χ0v) is 15.4. The Morgan fingerprint density at radius 1 is 1.00 bits per heavy atom. The van der Waals surface area contributed by atoms with Gasteiger partial charge in [-0.25, -0.2) is 0 Å². The zero-order valence-electron chi connectivity index (χ0n) is 15.4. The zero-order chi connectivity index (χ0) is 17.7. The largest absolute Gasteiger partial charge is 0.384 e. The molecule has 128 valence electrons. The van der Waals surface area contributed by atoms with Crippen LogP contribution in [0.1, 0.15) is 43.9 Å². The van der Waals surface area contributed by atoms with E-state index in [9.17, 15) is 4.79 Å². The van der Waals surface area contributed by atoms with Crippen molar-refractivity contribution in [2.24, 2.45) is 0 Å². The van der Waals surface area contributed by atoms with Crippen molar-refractivity contribution in [3.8, 4) is 0 Å². The van der Waals surface area contributed by atoms with Gasteiger partial charge in [-0.2, -0.15) is 0 Å². The van der Waals surface area contributed by atoms with Crippen LogP contribution < -0.4 is 10.6 Å². The van der Waals surface area contributed by atoms with Crippen LogP contribution in [0.4, 0.5) is 11.4 Å². The van der Waals surface area contributed by atoms with Gasteiger partial charge >= 0.3 is 0 Å². The second-order valence-corrected chi connectivity index (χ2v) is 7.40. The summed E-state index contributed by atoms with van der Waals surface area (Å²) in [6.07, 6.45) is 0.436. The smallest absolute Gasteiger partial charge is 0.226 e. The molecule has 0 aliphatic rings. The van der Waals surface area contributed by atoms with Gasteiger partial charge in [0.1, 0.15) is 0 Å². The van der Waals surface area contributed by atoms with E-state index in [-0.39, 0.29) is 11.3 Å². The Hall–Kier alpha value is -2.29. The fraction of sp³-hybridized carbons (Fsp3) is 0.381. The van der Waals surface area contributed by atoms with Crippen molar-refractivity contribution in [2.75, 3.05) is 17.2 Å². The van der Waals surface area contributed by atoms with E-state index in [0.29, 0.717) is 13.0 Å². The van der Waals surface area contributed by atoms with E-state index < -0.39 is 0 Å². The molecule has 2 aromatic rings. The summed E-state index contributed by atoms with van der Waals surface area (Å²) < 4.78 is 0. The van der Waals surface area contributed by atoms with Crippen molar-refractivity contribution >= 4 is 17.3 Å². The highest BCUT2D eigenvalue weighted by Crippen LogP contribution is 2.29. The summed E-state index contributed by atoms with van der Waals surface area (Å²) in [5.41, 5.74) is 5.62. The highest BCUT2D eigenvalue weighted by atomic mass is 16.1. The topological polar surface area (TPSA) is 41.1 Å². The minimum Gasteiger partial charge on any atom is -0.384 e. The van der Waals surface area contributed by atoms with Crippen LogP contribution in [0.3, 0.4) is 0 Å². The van der Waals surface area contributed by atoms with Crippen LogP contribution in [0, 0.1) is 13.8 Å². The first kappa shape index (κ1) is 18.1. The molecular weight excluding hydrogens is 296 g/mol. The SMILES string of the molecule is Cc1cc(C)cc(NC(=O)CCNc2ccccc2C(C)(C)C)c1. The first-order valence-electron chi connectivity index (χ1n) is 8.47. The number of rotatable bonds is 5. The van der Waals surface area contributed by atoms with Gasteiger partial charge in [0.2, 0.25) is 5.91 Å². The monoisotopic (exact) mass is 324 g/mol. The van der Waals surface area contributed by atoms with Gasteiger partial charge in [-0.05, 0) is 54.2 Å². The molecule has 0 aliphatic heterocycles. The van der Waals surface area contributed by atoms with Gasteiger partial charge < -0.3 is 10.6 Å². The average molecular weight is 324 g/mol. The summed E-state index contributed by atoms with van der Waals surface area (Å²) in [4.78, 5) is 12.2. The molecule has 0 spiro atoms. The minimum atomic E-state index is 0.0285. The molecule has 0 fully saturated rings. The average Bonchev–Trinajstić information content (AvgIpc) is 2.45. The number of anilines is 2. The molecule has 0 bridgehead atoms. The van der Waals surface area contributed by atoms with E-state index in [2.05, 4.69) is 55.7 Å². The first-order valence-corrected chi connectivity index (χ1v) is 8.47. The third-order valence-corrected chi connectivity index (χ3v) is 3.91. The third-order valence-electron chi connectivity index (χ3n) is 3.91. The Bertz CT molecular complexity index is 694. The van der Waals surface area contributed by atoms with Gasteiger partial charge in [-0.3, -0.25) is 4.79 Å². The molecule has 0 saturated heterocycles. The summed E-state index contributed by atoms with van der Waals surface area (Å²) >= 11 is 0. The van der Waals surface area contributed by atoms with E-state index in [1.165, 1.54) is 5.56 Å². The lowest BCUT2D eigenvalue weighted by Crippen LogP contribution is -2.19. The first-order chi connectivity index (χ1) is 11.3. The van der Waals surface area contributed by atoms with Crippen molar-refractivity contribution in [1.29, 1.82) is 0 Å². The molecule has 0 atom stereocenters. The molecule has 0 aliphatic carbocycles. The second-order valence-electron chi connectivity index (χ2n) is 7.40. The number of carbonyl (C=O) groups excluding carboxylic acids is 1. The molecule has 1 amide bonds. The Labute approximate surface area is 145 Å². The van der Waals surface area contributed by atoms with Crippen molar-refractivity contribution in [3.05, 3.63) is 59.2 Å². The van der Waals surface area contributed by atoms with Gasteiger partial charge in [0.15, 0.2) is 0 Å². The fourth-order valence-electron chi connectivity index (χ4n) is 2.87. The van der Waals surface area contributed by atoms with Crippen LogP contribution in [0.25, 0.3) is 0 Å². The van der Waals surface area contributed by atoms with Crippen LogP contribution in [0.5, 0.6) is 0 Å². The maximum Gasteiger partial charge on any atom is 0.226 e. The Morgan fingerprint density at radius 3 is 2.25 bits per heavy atom. The number of carbonyl (C=O) groups is 1. The summed E-state index contributed by atoms with van der Waals surface area (Å²) in [6, 6.07) is 14.4. The Balaban J connectivity index is 1.92. The lowest BCUT2D eigenvalue weighted by atomic mass is 9.86. The van der Waals surface area contributed by atoms with Crippen LogP contribution in [0.2, 0.25) is 0 Å². The van der Waals surface area contributed by atoms with Gasteiger partial charge in [0, 0.05) is 24.3 Å². The van der Waals surface area contributed by atoms with Gasteiger partial charge in [-0.15, -0.1) is 0 Å². The summed E-state index contributed by atoms with van der Waals surface area (Å²) in [7, 11) is 0. The van der Waals surface area contributed by atoms with Gasteiger partial charge in [0.25, 0.3) is 0 Å². The lowest BCUT2D eigenvalue weighted by Gasteiger charge is -2.23. The number of hydrogen-bond donors (Lipinski definition) is 2. The summed E-state index contributed by atoms with van der Waals surface area (Å²) in [5, 5.41) is 6.37. The van der Waals surface area contributed by atoms with E-state index in [1.807, 2.05) is 32.0 Å². The summed E-state index contributed by atoms with van der Waals surface area (Å²) in [6.45, 7) is 11.3. The normalized spacial score (nSPS) is 11.2. The van der Waals surface area contributed by atoms with E-state index in [0.717, 1.165) is 22.5 Å². The number of benzene rings is 2. The highest BCUT2D eigenvalue weighted by Gasteiger charge is 2.17. The van der Waals surface area contributed by atoms with Crippen molar-refractivity contribution in [3.63, 3.8) is 0 Å². The third kappa shape index (κ3) is 5.12. The molecule has 0 unspecified atom stereocenters. The Kier molecular flexibility index (Phi) is 5.66. The molecule has 0 aromatic heterocycles. The number of aryl methyl sites for hydroxylation is 2. The van der Waals surface area contributed by atoms with Crippen LogP contribution in [0.15, 0.2) is 42.5 Å². The summed E-state index contributed by atoms with van der Waals surface area (Å²) in [5.74, 6) is 0.0285. The molecule has 0 saturated carbocycles. The number of nitrogens with one attached hydrogen (secondary N) is 2. The minimum absolute atomic E-state index is 0.0285. The van der Waals surface area contributed by atoms with Gasteiger partial charge in [0.05, 0.1) is 0 Å². The maximum absolute atomic E-state index is 12.2. The predicted octanol–water partition coefficient (Wildman–Crippen LogP) is 5.04. The van der Waals surface area contributed by atoms with E-state index >= 15 is 0 Å². The van der Waals surface area contributed by atoms with Crippen molar-refractivity contribution in [2.45, 2.75) is 46.5 Å². The molecule has 2 aromatic carbocycles. The number of amides is 1. The molecule has 0 heterocycles.